The molecule has 1 fully saturated rings. The quantitative estimate of drug-likeness (QED) is 0.923. The molecule has 5 nitrogen and oxygen atoms in total. The number of rotatable bonds is 4. The molecule has 1 aromatic carbocycles. The molecular formula is C18H21N3O2S. The van der Waals surface area contributed by atoms with E-state index in [1.165, 1.54) is 17.8 Å². The number of aryl methyl sites for hydroxylation is 1. The molecule has 0 aliphatic carbocycles. The maximum atomic E-state index is 12.6. The summed E-state index contributed by atoms with van der Waals surface area (Å²) in [6.45, 7) is 3.64. The van der Waals surface area contributed by atoms with Gasteiger partial charge in [-0.15, -0.1) is 11.3 Å². The Bertz CT molecular complexity index is 735. The van der Waals surface area contributed by atoms with Crippen LogP contribution in [0, 0.1) is 0 Å². The average molecular weight is 343 g/mol. The number of anilines is 1. The number of carbonyl (C=O) groups is 2. The fraction of sp³-hybridized carbons (Fsp3) is 0.389. The first-order valence-electron chi connectivity index (χ1n) is 8.33. The van der Waals surface area contributed by atoms with E-state index in [-0.39, 0.29) is 11.8 Å². The highest BCUT2D eigenvalue weighted by molar-refractivity contribution is 7.13. The van der Waals surface area contributed by atoms with Crippen molar-refractivity contribution in [2.24, 2.45) is 0 Å². The van der Waals surface area contributed by atoms with Crippen LogP contribution in [0.3, 0.4) is 0 Å². The highest BCUT2D eigenvalue weighted by Gasteiger charge is 2.18. The molecule has 2 amide bonds. The number of benzene rings is 1. The second kappa shape index (κ2) is 7.57. The fourth-order valence-electron chi connectivity index (χ4n) is 2.78. The van der Waals surface area contributed by atoms with E-state index >= 15 is 0 Å². The third-order valence-corrected chi connectivity index (χ3v) is 5.23. The number of likely N-dealkylation sites (tertiary alicyclic amines) is 1. The van der Waals surface area contributed by atoms with Gasteiger partial charge in [0.25, 0.3) is 11.8 Å². The first-order valence-corrected chi connectivity index (χ1v) is 9.14. The van der Waals surface area contributed by atoms with Crippen LogP contribution in [-0.4, -0.2) is 34.8 Å². The van der Waals surface area contributed by atoms with Crippen LogP contribution in [0.4, 0.5) is 5.69 Å². The Balaban J connectivity index is 1.70. The van der Waals surface area contributed by atoms with E-state index < -0.39 is 0 Å². The maximum absolute atomic E-state index is 12.6. The van der Waals surface area contributed by atoms with E-state index in [2.05, 4.69) is 10.3 Å². The molecule has 1 aliphatic heterocycles. The van der Waals surface area contributed by atoms with Crippen LogP contribution in [0.25, 0.3) is 0 Å². The minimum atomic E-state index is -0.185. The topological polar surface area (TPSA) is 62.3 Å². The molecule has 24 heavy (non-hydrogen) atoms. The standard InChI is InChI=1S/C18H21N3O2S/c1-2-16-19-12-15(24-16)17(22)20-14-8-6-7-13(11-14)18(23)21-9-4-3-5-10-21/h6-8,11-12H,2-5,9-10H2,1H3,(H,20,22). The van der Waals surface area contributed by atoms with Crippen molar-refractivity contribution < 1.29 is 9.59 Å². The molecule has 3 rings (SSSR count). The van der Waals surface area contributed by atoms with E-state index in [1.54, 1.807) is 30.5 Å². The van der Waals surface area contributed by atoms with Gasteiger partial charge in [-0.2, -0.15) is 0 Å². The Morgan fingerprint density at radius 2 is 2.04 bits per heavy atom. The van der Waals surface area contributed by atoms with Gasteiger partial charge in [0, 0.05) is 24.3 Å². The summed E-state index contributed by atoms with van der Waals surface area (Å²) in [5, 5.41) is 3.79. The lowest BCUT2D eigenvalue weighted by atomic mass is 10.1. The number of thiazole rings is 1. The van der Waals surface area contributed by atoms with Crippen LogP contribution in [0.2, 0.25) is 0 Å². The number of nitrogens with zero attached hydrogens (tertiary/aromatic N) is 2. The second-order valence-corrected chi connectivity index (χ2v) is 6.97. The summed E-state index contributed by atoms with van der Waals surface area (Å²) in [6, 6.07) is 7.15. The fourth-order valence-corrected chi connectivity index (χ4v) is 3.53. The molecule has 0 atom stereocenters. The first-order chi connectivity index (χ1) is 11.7. The Morgan fingerprint density at radius 1 is 1.25 bits per heavy atom. The van der Waals surface area contributed by atoms with Crippen LogP contribution in [-0.2, 0) is 6.42 Å². The third-order valence-electron chi connectivity index (χ3n) is 4.09. The van der Waals surface area contributed by atoms with Gasteiger partial charge in [0.05, 0.1) is 11.2 Å². The molecule has 1 N–H and O–H groups in total. The lowest BCUT2D eigenvalue weighted by molar-refractivity contribution is 0.0724. The summed E-state index contributed by atoms with van der Waals surface area (Å²) in [5.41, 5.74) is 1.25. The van der Waals surface area contributed by atoms with Crippen LogP contribution in [0.1, 0.15) is 51.2 Å². The van der Waals surface area contributed by atoms with Gasteiger partial charge >= 0.3 is 0 Å². The summed E-state index contributed by atoms with van der Waals surface area (Å²) in [7, 11) is 0. The highest BCUT2D eigenvalue weighted by atomic mass is 32.1. The van der Waals surface area contributed by atoms with Crippen molar-refractivity contribution in [1.82, 2.24) is 9.88 Å². The molecule has 2 heterocycles. The number of hydrogen-bond acceptors (Lipinski definition) is 4. The molecule has 0 radical (unpaired) electrons. The summed E-state index contributed by atoms with van der Waals surface area (Å²) in [4.78, 5) is 31.5. The lowest BCUT2D eigenvalue weighted by Crippen LogP contribution is -2.35. The van der Waals surface area contributed by atoms with Crippen molar-refractivity contribution in [1.29, 1.82) is 0 Å². The first kappa shape index (κ1) is 16.6. The van der Waals surface area contributed by atoms with Gasteiger partial charge in [-0.1, -0.05) is 13.0 Å². The SMILES string of the molecule is CCc1ncc(C(=O)Nc2cccc(C(=O)N3CCCCC3)c2)s1. The Kier molecular flexibility index (Phi) is 5.25. The van der Waals surface area contributed by atoms with Gasteiger partial charge in [-0.25, -0.2) is 4.98 Å². The van der Waals surface area contributed by atoms with E-state index in [1.807, 2.05) is 11.8 Å². The summed E-state index contributed by atoms with van der Waals surface area (Å²) >= 11 is 1.40. The zero-order valence-electron chi connectivity index (χ0n) is 13.7. The summed E-state index contributed by atoms with van der Waals surface area (Å²) in [6.07, 6.45) is 5.73. The molecule has 0 saturated carbocycles. The maximum Gasteiger partial charge on any atom is 0.267 e. The monoisotopic (exact) mass is 343 g/mol. The average Bonchev–Trinajstić information content (AvgIpc) is 3.11. The number of piperidine rings is 1. The summed E-state index contributed by atoms with van der Waals surface area (Å²) in [5.74, 6) is -0.147. The molecule has 1 aromatic heterocycles. The van der Waals surface area contributed by atoms with Crippen molar-refractivity contribution in [3.8, 4) is 0 Å². The van der Waals surface area contributed by atoms with Crippen molar-refractivity contribution in [3.63, 3.8) is 0 Å². The zero-order valence-corrected chi connectivity index (χ0v) is 14.6. The number of hydrogen-bond donors (Lipinski definition) is 1. The Hall–Kier alpha value is -2.21. The second-order valence-electron chi connectivity index (χ2n) is 5.86. The van der Waals surface area contributed by atoms with E-state index in [0.717, 1.165) is 37.4 Å². The van der Waals surface area contributed by atoms with Crippen molar-refractivity contribution in [3.05, 3.63) is 45.9 Å². The van der Waals surface area contributed by atoms with Gasteiger partial charge in [0.15, 0.2) is 0 Å². The van der Waals surface area contributed by atoms with Crippen molar-refractivity contribution >= 4 is 28.8 Å². The number of carbonyl (C=O) groups excluding carboxylic acids is 2. The predicted molar refractivity (Wildman–Crippen MR) is 95.6 cm³/mol. The van der Waals surface area contributed by atoms with Crippen LogP contribution >= 0.6 is 11.3 Å². The van der Waals surface area contributed by atoms with Gasteiger partial charge in [-0.3, -0.25) is 9.59 Å². The zero-order chi connectivity index (χ0) is 16.9. The molecule has 126 valence electrons. The molecule has 0 bridgehead atoms. The highest BCUT2D eigenvalue weighted by Crippen LogP contribution is 2.19. The molecule has 1 aliphatic rings. The van der Waals surface area contributed by atoms with Crippen LogP contribution in [0.5, 0.6) is 0 Å². The van der Waals surface area contributed by atoms with Crippen LogP contribution in [0.15, 0.2) is 30.5 Å². The van der Waals surface area contributed by atoms with E-state index in [0.29, 0.717) is 16.1 Å². The largest absolute Gasteiger partial charge is 0.339 e. The van der Waals surface area contributed by atoms with Crippen molar-refractivity contribution in [2.75, 3.05) is 18.4 Å². The molecule has 6 heteroatoms. The Labute approximate surface area is 145 Å². The number of amides is 2. The number of nitrogens with one attached hydrogen (secondary N) is 1. The van der Waals surface area contributed by atoms with E-state index in [9.17, 15) is 9.59 Å². The molecule has 2 aromatic rings. The molecule has 0 spiro atoms. The minimum Gasteiger partial charge on any atom is -0.339 e. The summed E-state index contributed by atoms with van der Waals surface area (Å²) < 4.78 is 0. The van der Waals surface area contributed by atoms with Crippen LogP contribution < -0.4 is 5.32 Å². The predicted octanol–water partition coefficient (Wildman–Crippen LogP) is 3.58. The normalized spacial score (nSPS) is 14.5. The molecule has 0 unspecified atom stereocenters. The van der Waals surface area contributed by atoms with Gasteiger partial charge in [-0.05, 0) is 43.9 Å². The smallest absolute Gasteiger partial charge is 0.267 e. The Morgan fingerprint density at radius 3 is 2.75 bits per heavy atom. The minimum absolute atomic E-state index is 0.0388. The van der Waals surface area contributed by atoms with E-state index in [4.69, 9.17) is 0 Å². The van der Waals surface area contributed by atoms with Gasteiger partial charge in [0.1, 0.15) is 4.88 Å². The van der Waals surface area contributed by atoms with Gasteiger partial charge in [0.2, 0.25) is 0 Å². The molecule has 1 saturated heterocycles. The van der Waals surface area contributed by atoms with Crippen molar-refractivity contribution in [2.45, 2.75) is 32.6 Å². The number of aromatic nitrogens is 1. The third kappa shape index (κ3) is 3.82. The van der Waals surface area contributed by atoms with Gasteiger partial charge < -0.3 is 10.2 Å². The molecular weight excluding hydrogens is 322 g/mol. The lowest BCUT2D eigenvalue weighted by Gasteiger charge is -2.26.